The number of rotatable bonds is 6. The number of hydrazone groups is 1. The summed E-state index contributed by atoms with van der Waals surface area (Å²) in [5, 5.41) is 3.99. The monoisotopic (exact) mass is 374 g/mol. The fourth-order valence-electron chi connectivity index (χ4n) is 2.67. The highest BCUT2D eigenvalue weighted by Gasteiger charge is 2.12. The van der Waals surface area contributed by atoms with Crippen LogP contribution in [-0.4, -0.2) is 18.9 Å². The Morgan fingerprint density at radius 2 is 1.79 bits per heavy atom. The molecule has 140 valence electrons. The van der Waals surface area contributed by atoms with Crippen LogP contribution in [-0.2, 0) is 6.61 Å². The van der Waals surface area contributed by atoms with E-state index in [-0.39, 0.29) is 12.7 Å². The number of hydrogen-bond donors (Lipinski definition) is 1. The number of carbonyl (C=O) groups excluding carboxylic acids is 1. The third kappa shape index (κ3) is 4.29. The fraction of sp³-hybridized carbons (Fsp3) is 0.0909. The zero-order valence-corrected chi connectivity index (χ0v) is 15.0. The molecule has 4 rings (SSSR count). The number of ether oxygens (including phenoxy) is 3. The van der Waals surface area contributed by atoms with Crippen molar-refractivity contribution in [1.29, 1.82) is 0 Å². The maximum Gasteiger partial charge on any atom is 0.271 e. The zero-order chi connectivity index (χ0) is 19.2. The molecular formula is C22H18N2O4. The molecule has 0 radical (unpaired) electrons. The standard InChI is InChI=1S/C22H18N2O4/c25-22(24-23-13-17-6-11-20-21(12-17)28-15-27-20)18-7-9-19(10-8-18)26-14-16-4-2-1-3-5-16/h1-13H,14-15H2,(H,24,25)/b23-13-. The summed E-state index contributed by atoms with van der Waals surface area (Å²) < 4.78 is 16.3. The molecule has 0 unspecified atom stereocenters. The van der Waals surface area contributed by atoms with Crippen LogP contribution in [0.1, 0.15) is 21.5 Å². The van der Waals surface area contributed by atoms with Crippen LogP contribution >= 0.6 is 0 Å². The van der Waals surface area contributed by atoms with Gasteiger partial charge in [0.05, 0.1) is 6.21 Å². The van der Waals surface area contributed by atoms with Crippen molar-refractivity contribution in [3.05, 3.63) is 89.5 Å². The van der Waals surface area contributed by atoms with E-state index >= 15 is 0 Å². The molecule has 1 heterocycles. The van der Waals surface area contributed by atoms with Gasteiger partial charge >= 0.3 is 0 Å². The van der Waals surface area contributed by atoms with Gasteiger partial charge in [0.1, 0.15) is 12.4 Å². The molecule has 1 N–H and O–H groups in total. The van der Waals surface area contributed by atoms with Gasteiger partial charge in [0.15, 0.2) is 11.5 Å². The van der Waals surface area contributed by atoms with Crippen molar-refractivity contribution in [1.82, 2.24) is 5.43 Å². The third-order valence-corrected chi connectivity index (χ3v) is 4.14. The minimum absolute atomic E-state index is 0.220. The van der Waals surface area contributed by atoms with Crippen LogP contribution in [0, 0.1) is 0 Å². The highest BCUT2D eigenvalue weighted by molar-refractivity contribution is 5.95. The average molecular weight is 374 g/mol. The lowest BCUT2D eigenvalue weighted by atomic mass is 10.2. The summed E-state index contributed by atoms with van der Waals surface area (Å²) in [6, 6.07) is 22.3. The Morgan fingerprint density at radius 1 is 1.00 bits per heavy atom. The first kappa shape index (κ1) is 17.6. The topological polar surface area (TPSA) is 69.2 Å². The number of fused-ring (bicyclic) bond motifs is 1. The van der Waals surface area contributed by atoms with Gasteiger partial charge in [-0.2, -0.15) is 5.10 Å². The van der Waals surface area contributed by atoms with Gasteiger partial charge in [0.25, 0.3) is 5.91 Å². The molecule has 1 aliphatic rings. The number of amides is 1. The minimum Gasteiger partial charge on any atom is -0.489 e. The number of carbonyl (C=O) groups is 1. The number of nitrogens with zero attached hydrogens (tertiary/aromatic N) is 1. The van der Waals surface area contributed by atoms with E-state index in [1.807, 2.05) is 36.4 Å². The van der Waals surface area contributed by atoms with Gasteiger partial charge in [0, 0.05) is 5.56 Å². The van der Waals surface area contributed by atoms with E-state index in [9.17, 15) is 4.79 Å². The van der Waals surface area contributed by atoms with Gasteiger partial charge in [-0.05, 0) is 53.6 Å². The Morgan fingerprint density at radius 3 is 2.61 bits per heavy atom. The van der Waals surface area contributed by atoms with Crippen molar-refractivity contribution in [2.24, 2.45) is 5.10 Å². The normalized spacial score (nSPS) is 12.1. The quantitative estimate of drug-likeness (QED) is 0.527. The van der Waals surface area contributed by atoms with Gasteiger partial charge in [-0.25, -0.2) is 5.43 Å². The SMILES string of the molecule is O=C(N/N=C\c1ccc2c(c1)OCO2)c1ccc(OCc2ccccc2)cc1. The first-order valence-corrected chi connectivity index (χ1v) is 8.78. The van der Waals surface area contributed by atoms with E-state index in [0.29, 0.717) is 29.4 Å². The molecular weight excluding hydrogens is 356 g/mol. The Kier molecular flexibility index (Phi) is 5.20. The molecule has 3 aromatic rings. The van der Waals surface area contributed by atoms with Crippen LogP contribution in [0.4, 0.5) is 0 Å². The number of nitrogens with one attached hydrogen (secondary N) is 1. The Balaban J connectivity index is 1.31. The molecule has 0 aromatic heterocycles. The van der Waals surface area contributed by atoms with Gasteiger partial charge in [0.2, 0.25) is 6.79 Å². The van der Waals surface area contributed by atoms with Gasteiger partial charge < -0.3 is 14.2 Å². The number of hydrogen-bond acceptors (Lipinski definition) is 5. The largest absolute Gasteiger partial charge is 0.489 e. The van der Waals surface area contributed by atoms with Crippen LogP contribution in [0.2, 0.25) is 0 Å². The zero-order valence-electron chi connectivity index (χ0n) is 15.0. The average Bonchev–Trinajstić information content (AvgIpc) is 3.21. The molecule has 0 spiro atoms. The summed E-state index contributed by atoms with van der Waals surface area (Å²) in [4.78, 5) is 12.2. The lowest BCUT2D eigenvalue weighted by Gasteiger charge is -2.07. The van der Waals surface area contributed by atoms with Crippen LogP contribution in [0.3, 0.4) is 0 Å². The van der Waals surface area contributed by atoms with Gasteiger partial charge in [-0.1, -0.05) is 30.3 Å². The molecule has 6 heteroatoms. The van der Waals surface area contributed by atoms with E-state index < -0.39 is 0 Å². The highest BCUT2D eigenvalue weighted by Crippen LogP contribution is 2.31. The van der Waals surface area contributed by atoms with Crippen molar-refractivity contribution >= 4 is 12.1 Å². The predicted molar refractivity (Wildman–Crippen MR) is 105 cm³/mol. The Hall–Kier alpha value is -3.80. The second-order valence-electron chi connectivity index (χ2n) is 6.11. The van der Waals surface area contributed by atoms with Gasteiger partial charge in [-0.3, -0.25) is 4.79 Å². The van der Waals surface area contributed by atoms with Crippen molar-refractivity contribution in [2.75, 3.05) is 6.79 Å². The lowest BCUT2D eigenvalue weighted by Crippen LogP contribution is -2.17. The molecule has 0 atom stereocenters. The summed E-state index contributed by atoms with van der Waals surface area (Å²) in [6.45, 7) is 0.698. The van der Waals surface area contributed by atoms with Crippen LogP contribution in [0.25, 0.3) is 0 Å². The summed E-state index contributed by atoms with van der Waals surface area (Å²) in [6.07, 6.45) is 1.55. The lowest BCUT2D eigenvalue weighted by molar-refractivity contribution is 0.0955. The van der Waals surface area contributed by atoms with E-state index in [2.05, 4.69) is 10.5 Å². The van der Waals surface area contributed by atoms with Crippen molar-refractivity contribution in [3.63, 3.8) is 0 Å². The van der Waals surface area contributed by atoms with Crippen molar-refractivity contribution in [2.45, 2.75) is 6.61 Å². The van der Waals surface area contributed by atoms with Crippen LogP contribution < -0.4 is 19.6 Å². The molecule has 0 bridgehead atoms. The first-order chi connectivity index (χ1) is 13.8. The van der Waals surface area contributed by atoms with Crippen molar-refractivity contribution in [3.8, 4) is 17.2 Å². The highest BCUT2D eigenvalue weighted by atomic mass is 16.7. The Labute approximate surface area is 162 Å². The van der Waals surface area contributed by atoms with E-state index in [1.54, 1.807) is 42.6 Å². The van der Waals surface area contributed by atoms with E-state index in [4.69, 9.17) is 14.2 Å². The maximum atomic E-state index is 12.2. The first-order valence-electron chi connectivity index (χ1n) is 8.78. The molecule has 3 aromatic carbocycles. The summed E-state index contributed by atoms with van der Waals surface area (Å²) in [5.74, 6) is 1.77. The predicted octanol–water partition coefficient (Wildman–Crippen LogP) is 3.76. The summed E-state index contributed by atoms with van der Waals surface area (Å²) >= 11 is 0. The maximum absolute atomic E-state index is 12.2. The molecule has 0 aliphatic carbocycles. The van der Waals surface area contributed by atoms with Crippen LogP contribution in [0.15, 0.2) is 77.9 Å². The van der Waals surface area contributed by atoms with E-state index in [0.717, 1.165) is 11.1 Å². The number of benzene rings is 3. The molecule has 1 aliphatic heterocycles. The minimum atomic E-state index is -0.299. The molecule has 6 nitrogen and oxygen atoms in total. The fourth-order valence-corrected chi connectivity index (χ4v) is 2.67. The second kappa shape index (κ2) is 8.26. The smallest absolute Gasteiger partial charge is 0.271 e. The summed E-state index contributed by atoms with van der Waals surface area (Å²) in [7, 11) is 0. The molecule has 0 saturated heterocycles. The van der Waals surface area contributed by atoms with E-state index in [1.165, 1.54) is 0 Å². The molecule has 0 saturated carbocycles. The van der Waals surface area contributed by atoms with Gasteiger partial charge in [-0.15, -0.1) is 0 Å². The Bertz CT molecular complexity index is 985. The molecule has 28 heavy (non-hydrogen) atoms. The molecule has 1 amide bonds. The van der Waals surface area contributed by atoms with Crippen molar-refractivity contribution < 1.29 is 19.0 Å². The van der Waals surface area contributed by atoms with Crippen LogP contribution in [0.5, 0.6) is 17.2 Å². The molecule has 0 fully saturated rings. The summed E-state index contributed by atoms with van der Waals surface area (Å²) in [5.41, 5.74) is 4.89. The second-order valence-corrected chi connectivity index (χ2v) is 6.11. The third-order valence-electron chi connectivity index (χ3n) is 4.14.